The van der Waals surface area contributed by atoms with Crippen LogP contribution < -0.4 is 11.1 Å². The minimum atomic E-state index is -4.19. The molecule has 0 aliphatic heterocycles. The van der Waals surface area contributed by atoms with Gasteiger partial charge in [-0.15, -0.1) is 0 Å². The normalized spacial score (nSPS) is 11.6. The van der Waals surface area contributed by atoms with E-state index in [0.717, 1.165) is 5.56 Å². The molecule has 1 aromatic rings. The van der Waals surface area contributed by atoms with Crippen molar-refractivity contribution >= 4 is 39.2 Å². The van der Waals surface area contributed by atoms with Gasteiger partial charge < -0.3 is 11.1 Å². The van der Waals surface area contributed by atoms with Crippen molar-refractivity contribution in [3.8, 4) is 0 Å². The Balaban J connectivity index is 2.51. The van der Waals surface area contributed by atoms with Crippen molar-refractivity contribution in [2.24, 2.45) is 0 Å². The number of hydrogen-bond donors (Lipinski definition) is 2. The van der Waals surface area contributed by atoms with Crippen LogP contribution in [0.2, 0.25) is 0 Å². The van der Waals surface area contributed by atoms with Crippen LogP contribution in [0.1, 0.15) is 5.56 Å². The van der Waals surface area contributed by atoms with Crippen LogP contribution in [-0.2, 0) is 0 Å². The highest BCUT2D eigenvalue weighted by Gasteiger charge is 2.27. The van der Waals surface area contributed by atoms with E-state index >= 15 is 0 Å². The first kappa shape index (κ1) is 14.4. The molecular weight excluding hydrogens is 319 g/mol. The molecule has 3 N–H and O–H groups in total. The number of hydrogen-bond acceptors (Lipinski definition) is 4. The second-order valence-electron chi connectivity index (χ2n) is 3.22. The number of anilines is 2. The van der Waals surface area contributed by atoms with E-state index in [0.29, 0.717) is 16.0 Å². The summed E-state index contributed by atoms with van der Waals surface area (Å²) in [5, 5.41) is 2.82. The van der Waals surface area contributed by atoms with Gasteiger partial charge in [-0.1, -0.05) is 0 Å². The smallest absolute Gasteiger partial charge is 0.397 e. The van der Waals surface area contributed by atoms with Gasteiger partial charge in [0.1, 0.15) is 5.82 Å². The third kappa shape index (κ3) is 4.63. The highest BCUT2D eigenvalue weighted by Crippen LogP contribution is 2.30. The number of nitrogens with two attached hydrogens (primary N) is 1. The van der Waals surface area contributed by atoms with Gasteiger partial charge in [0, 0.05) is 12.3 Å². The second-order valence-corrected chi connectivity index (χ2v) is 5.17. The Morgan fingerprint density at radius 2 is 2.18 bits per heavy atom. The number of halogens is 4. The highest BCUT2D eigenvalue weighted by molar-refractivity contribution is 9.10. The predicted octanol–water partition coefficient (Wildman–Crippen LogP) is 3.40. The molecule has 0 unspecified atom stereocenters. The molecule has 8 heteroatoms. The molecule has 0 amide bonds. The van der Waals surface area contributed by atoms with Crippen LogP contribution in [-0.4, -0.2) is 22.8 Å². The first-order chi connectivity index (χ1) is 7.81. The monoisotopic (exact) mass is 329 g/mol. The van der Waals surface area contributed by atoms with Crippen molar-refractivity contribution in [3.63, 3.8) is 0 Å². The zero-order chi connectivity index (χ0) is 13.1. The average molecular weight is 330 g/mol. The van der Waals surface area contributed by atoms with Crippen molar-refractivity contribution in [1.29, 1.82) is 0 Å². The molecule has 1 heterocycles. The van der Waals surface area contributed by atoms with E-state index in [1.807, 2.05) is 0 Å². The Bertz CT molecular complexity index is 398. The quantitative estimate of drug-likeness (QED) is 0.831. The van der Waals surface area contributed by atoms with E-state index < -0.39 is 5.51 Å². The van der Waals surface area contributed by atoms with Crippen LogP contribution in [0.5, 0.6) is 0 Å². The predicted molar refractivity (Wildman–Crippen MR) is 68.1 cm³/mol. The van der Waals surface area contributed by atoms with Crippen LogP contribution in [0.4, 0.5) is 24.7 Å². The van der Waals surface area contributed by atoms with E-state index in [-0.39, 0.29) is 24.1 Å². The summed E-state index contributed by atoms with van der Waals surface area (Å²) in [4.78, 5) is 4.00. The molecule has 0 bridgehead atoms. The Hall–Kier alpha value is -0.630. The number of nitrogens with zero attached hydrogens (tertiary/aromatic N) is 1. The maximum Gasteiger partial charge on any atom is 0.441 e. The second kappa shape index (κ2) is 5.81. The summed E-state index contributed by atoms with van der Waals surface area (Å²) in [7, 11) is 0. The number of nitrogens with one attached hydrogen (secondary N) is 1. The molecule has 0 saturated heterocycles. The maximum atomic E-state index is 11.9. The lowest BCUT2D eigenvalue weighted by Gasteiger charge is -2.11. The lowest BCUT2D eigenvalue weighted by atomic mass is 10.2. The fourth-order valence-electron chi connectivity index (χ4n) is 1.05. The highest BCUT2D eigenvalue weighted by atomic mass is 79.9. The fourth-order valence-corrected chi connectivity index (χ4v) is 1.96. The minimum absolute atomic E-state index is 0.0643. The largest absolute Gasteiger partial charge is 0.441 e. The molecule has 0 radical (unpaired) electrons. The van der Waals surface area contributed by atoms with Crippen LogP contribution in [0, 0.1) is 6.92 Å². The van der Waals surface area contributed by atoms with Gasteiger partial charge in [0.15, 0.2) is 0 Å². The summed E-state index contributed by atoms with van der Waals surface area (Å²) >= 11 is 3.22. The Morgan fingerprint density at radius 1 is 1.53 bits per heavy atom. The first-order valence-corrected chi connectivity index (χ1v) is 6.44. The number of pyridine rings is 1. The number of alkyl halides is 3. The van der Waals surface area contributed by atoms with E-state index in [9.17, 15) is 13.2 Å². The Morgan fingerprint density at radius 3 is 2.76 bits per heavy atom. The standard InChI is InChI=1S/C9H11BrF3N3S/c1-5-6(14)4-16-8(7(5)10)15-2-3-17-9(11,12)13/h4H,2-3,14H2,1H3,(H,15,16). The molecule has 0 aliphatic rings. The SMILES string of the molecule is Cc1c(N)cnc(NCCSC(F)(F)F)c1Br. The Kier molecular flexibility index (Phi) is 4.93. The van der Waals surface area contributed by atoms with Crippen LogP contribution in [0.15, 0.2) is 10.7 Å². The molecule has 0 fully saturated rings. The maximum absolute atomic E-state index is 11.9. The molecular formula is C9H11BrF3N3S. The van der Waals surface area contributed by atoms with Gasteiger partial charge in [-0.05, 0) is 40.2 Å². The van der Waals surface area contributed by atoms with E-state index in [2.05, 4.69) is 26.2 Å². The molecule has 0 saturated carbocycles. The van der Waals surface area contributed by atoms with Gasteiger partial charge in [-0.25, -0.2) is 4.98 Å². The fraction of sp³-hybridized carbons (Fsp3) is 0.444. The van der Waals surface area contributed by atoms with Crippen molar-refractivity contribution in [3.05, 3.63) is 16.2 Å². The molecule has 0 aliphatic carbocycles. The van der Waals surface area contributed by atoms with E-state index in [4.69, 9.17) is 5.73 Å². The van der Waals surface area contributed by atoms with Crippen LogP contribution in [0.3, 0.4) is 0 Å². The molecule has 17 heavy (non-hydrogen) atoms. The van der Waals surface area contributed by atoms with Crippen LogP contribution >= 0.6 is 27.7 Å². The summed E-state index contributed by atoms with van der Waals surface area (Å²) in [6.45, 7) is 1.98. The topological polar surface area (TPSA) is 50.9 Å². The van der Waals surface area contributed by atoms with Gasteiger partial charge in [0.25, 0.3) is 0 Å². The molecule has 1 aromatic heterocycles. The van der Waals surface area contributed by atoms with E-state index in [1.165, 1.54) is 6.20 Å². The third-order valence-corrected chi connectivity index (χ3v) is 3.67. The Labute approximate surface area is 109 Å². The first-order valence-electron chi connectivity index (χ1n) is 4.66. The average Bonchev–Trinajstić information content (AvgIpc) is 2.22. The van der Waals surface area contributed by atoms with Gasteiger partial charge in [-0.2, -0.15) is 13.2 Å². The zero-order valence-electron chi connectivity index (χ0n) is 8.94. The number of nitrogen functional groups attached to an aromatic ring is 1. The van der Waals surface area contributed by atoms with Crippen molar-refractivity contribution in [2.45, 2.75) is 12.4 Å². The summed E-state index contributed by atoms with van der Waals surface area (Å²) < 4.78 is 36.3. The molecule has 0 spiro atoms. The number of rotatable bonds is 4. The van der Waals surface area contributed by atoms with Crippen molar-refractivity contribution < 1.29 is 13.2 Å². The van der Waals surface area contributed by atoms with Crippen LogP contribution in [0.25, 0.3) is 0 Å². The van der Waals surface area contributed by atoms with Gasteiger partial charge in [0.05, 0.1) is 16.4 Å². The molecule has 96 valence electrons. The zero-order valence-corrected chi connectivity index (χ0v) is 11.3. The molecule has 0 aromatic carbocycles. The van der Waals surface area contributed by atoms with Crippen molar-refractivity contribution in [1.82, 2.24) is 4.98 Å². The molecule has 3 nitrogen and oxygen atoms in total. The lowest BCUT2D eigenvalue weighted by Crippen LogP contribution is -2.11. The summed E-state index contributed by atoms with van der Waals surface area (Å²) in [6, 6.07) is 0. The summed E-state index contributed by atoms with van der Waals surface area (Å²) in [6.07, 6.45) is 1.47. The lowest BCUT2D eigenvalue weighted by molar-refractivity contribution is -0.0327. The molecule has 1 rings (SSSR count). The molecule has 0 atom stereocenters. The number of aromatic nitrogens is 1. The number of thioether (sulfide) groups is 1. The third-order valence-electron chi connectivity index (χ3n) is 1.96. The van der Waals surface area contributed by atoms with E-state index in [1.54, 1.807) is 6.92 Å². The van der Waals surface area contributed by atoms with Gasteiger partial charge in [0.2, 0.25) is 0 Å². The summed E-state index contributed by atoms with van der Waals surface area (Å²) in [5.41, 5.74) is 2.78. The van der Waals surface area contributed by atoms with Gasteiger partial charge in [-0.3, -0.25) is 0 Å². The van der Waals surface area contributed by atoms with Gasteiger partial charge >= 0.3 is 5.51 Å². The minimum Gasteiger partial charge on any atom is -0.397 e. The summed E-state index contributed by atoms with van der Waals surface area (Å²) in [5.74, 6) is 0.431. The van der Waals surface area contributed by atoms with Crippen molar-refractivity contribution in [2.75, 3.05) is 23.3 Å².